The van der Waals surface area contributed by atoms with Crippen LogP contribution in [0.1, 0.15) is 5.56 Å². The molecule has 1 aromatic rings. The van der Waals surface area contributed by atoms with Crippen molar-refractivity contribution in [3.05, 3.63) is 29.8 Å². The molecule has 0 atom stereocenters. The Balaban J connectivity index is 2.70. The summed E-state index contributed by atoms with van der Waals surface area (Å²) in [4.78, 5) is 10.2. The first kappa shape index (κ1) is 9.14. The van der Waals surface area contributed by atoms with Gasteiger partial charge in [0.1, 0.15) is 0 Å². The molecule has 3 nitrogen and oxygen atoms in total. The Morgan fingerprint density at radius 1 is 1.46 bits per heavy atom. The summed E-state index contributed by atoms with van der Waals surface area (Å²) >= 11 is 0. The lowest BCUT2D eigenvalue weighted by Gasteiger charge is -2.00. The van der Waals surface area contributed by atoms with Gasteiger partial charge in [0, 0.05) is 12.1 Å². The minimum absolute atomic E-state index is 0.549. The molecule has 0 spiro atoms. The number of nitrogens with one attached hydrogen (secondary N) is 1. The Kier molecular flexibility index (Phi) is 2.93. The second-order valence-corrected chi connectivity index (χ2v) is 2.51. The van der Waals surface area contributed by atoms with Gasteiger partial charge in [0.05, 0.1) is 0 Å². The molecule has 0 saturated heterocycles. The first-order valence-electron chi connectivity index (χ1n) is 3.74. The van der Waals surface area contributed by atoms with Crippen LogP contribution >= 0.6 is 0 Å². The van der Waals surface area contributed by atoms with E-state index in [1.165, 1.54) is 0 Å². The van der Waals surface area contributed by atoms with Gasteiger partial charge in [-0.25, -0.2) is 4.79 Å². The van der Waals surface area contributed by atoms with Gasteiger partial charge >= 0.3 is 6.09 Å². The predicted molar refractivity (Wildman–Crippen MR) is 50.6 cm³/mol. The van der Waals surface area contributed by atoms with Crippen LogP contribution in [0.25, 0.3) is 0 Å². The number of terminal acetylenes is 1. The van der Waals surface area contributed by atoms with E-state index < -0.39 is 6.09 Å². The average Bonchev–Trinajstić information content (AvgIpc) is 2.08. The summed E-state index contributed by atoms with van der Waals surface area (Å²) in [5, 5.41) is 10.6. The smallest absolute Gasteiger partial charge is 0.409 e. The van der Waals surface area contributed by atoms with Crippen molar-refractivity contribution in [2.24, 2.45) is 0 Å². The first-order chi connectivity index (χ1) is 6.22. The van der Waals surface area contributed by atoms with Crippen molar-refractivity contribution >= 4 is 11.8 Å². The summed E-state index contributed by atoms with van der Waals surface area (Å²) in [5.41, 5.74) is 1.55. The largest absolute Gasteiger partial charge is 0.465 e. The second-order valence-electron chi connectivity index (χ2n) is 2.51. The first-order valence-corrected chi connectivity index (χ1v) is 3.74. The zero-order valence-electron chi connectivity index (χ0n) is 6.95. The Bertz CT molecular complexity index is 335. The van der Waals surface area contributed by atoms with Crippen molar-refractivity contribution in [2.75, 3.05) is 5.32 Å². The number of hydrogen-bond acceptors (Lipinski definition) is 1. The van der Waals surface area contributed by atoms with Gasteiger partial charge in [-0.05, 0) is 17.7 Å². The lowest BCUT2D eigenvalue weighted by molar-refractivity contribution is 0.210. The van der Waals surface area contributed by atoms with Gasteiger partial charge in [-0.2, -0.15) is 0 Å². The van der Waals surface area contributed by atoms with Gasteiger partial charge in [0.2, 0.25) is 0 Å². The second kappa shape index (κ2) is 4.17. The van der Waals surface area contributed by atoms with Crippen LogP contribution in [0.4, 0.5) is 10.5 Å². The normalized spacial score (nSPS) is 8.85. The molecular weight excluding hydrogens is 166 g/mol. The fourth-order valence-corrected chi connectivity index (χ4v) is 0.947. The van der Waals surface area contributed by atoms with E-state index in [-0.39, 0.29) is 0 Å². The van der Waals surface area contributed by atoms with Crippen molar-refractivity contribution < 1.29 is 9.90 Å². The highest BCUT2D eigenvalue weighted by Crippen LogP contribution is 2.09. The molecule has 0 bridgehead atoms. The van der Waals surface area contributed by atoms with E-state index in [2.05, 4.69) is 11.2 Å². The SMILES string of the molecule is C#CCc1ccc(NC(=O)O)cc1. The summed E-state index contributed by atoms with van der Waals surface area (Å²) in [6.07, 6.45) is 4.62. The van der Waals surface area contributed by atoms with Gasteiger partial charge in [0.25, 0.3) is 0 Å². The van der Waals surface area contributed by atoms with E-state index in [4.69, 9.17) is 11.5 Å². The standard InChI is InChI=1S/C10H9NO2/c1-2-3-8-4-6-9(7-5-8)11-10(12)13/h1,4-7,11H,3H2,(H,12,13). The van der Waals surface area contributed by atoms with Crippen molar-refractivity contribution in [1.82, 2.24) is 0 Å². The summed E-state index contributed by atoms with van der Waals surface area (Å²) < 4.78 is 0. The van der Waals surface area contributed by atoms with Crippen LogP contribution < -0.4 is 5.32 Å². The minimum atomic E-state index is -1.07. The van der Waals surface area contributed by atoms with E-state index in [0.717, 1.165) is 5.56 Å². The van der Waals surface area contributed by atoms with Crippen molar-refractivity contribution in [1.29, 1.82) is 0 Å². The van der Waals surface area contributed by atoms with E-state index in [9.17, 15) is 4.79 Å². The maximum atomic E-state index is 10.2. The van der Waals surface area contributed by atoms with Crippen LogP contribution in [0.5, 0.6) is 0 Å². The van der Waals surface area contributed by atoms with Crippen molar-refractivity contribution in [2.45, 2.75) is 6.42 Å². The summed E-state index contributed by atoms with van der Waals surface area (Å²) in [6.45, 7) is 0. The topological polar surface area (TPSA) is 49.3 Å². The third kappa shape index (κ3) is 2.88. The van der Waals surface area contributed by atoms with Crippen LogP contribution in [-0.2, 0) is 6.42 Å². The van der Waals surface area contributed by atoms with Gasteiger partial charge in [-0.15, -0.1) is 12.3 Å². The van der Waals surface area contributed by atoms with E-state index in [1.54, 1.807) is 24.3 Å². The maximum absolute atomic E-state index is 10.2. The van der Waals surface area contributed by atoms with Gasteiger partial charge < -0.3 is 5.11 Å². The highest BCUT2D eigenvalue weighted by molar-refractivity contribution is 5.82. The molecular formula is C10H9NO2. The van der Waals surface area contributed by atoms with E-state index in [1.807, 2.05) is 0 Å². The minimum Gasteiger partial charge on any atom is -0.465 e. The average molecular weight is 175 g/mol. The summed E-state index contributed by atoms with van der Waals surface area (Å²) in [7, 11) is 0. The maximum Gasteiger partial charge on any atom is 0.409 e. The van der Waals surface area contributed by atoms with Gasteiger partial charge in [-0.3, -0.25) is 5.32 Å². The quantitative estimate of drug-likeness (QED) is 0.675. The Labute approximate surface area is 76.4 Å². The molecule has 0 aliphatic heterocycles. The lowest BCUT2D eigenvalue weighted by atomic mass is 10.1. The zero-order valence-corrected chi connectivity index (χ0v) is 6.95. The molecule has 0 fully saturated rings. The lowest BCUT2D eigenvalue weighted by Crippen LogP contribution is -2.06. The van der Waals surface area contributed by atoms with Crippen LogP contribution in [0.2, 0.25) is 0 Å². The number of anilines is 1. The number of carbonyl (C=O) groups is 1. The van der Waals surface area contributed by atoms with Gasteiger partial charge in [-0.1, -0.05) is 12.1 Å². The molecule has 1 amide bonds. The third-order valence-corrected chi connectivity index (χ3v) is 1.51. The highest BCUT2D eigenvalue weighted by Gasteiger charge is 1.96. The predicted octanol–water partition coefficient (Wildman–Crippen LogP) is 1.95. The fraction of sp³-hybridized carbons (Fsp3) is 0.100. The zero-order chi connectivity index (χ0) is 9.68. The molecule has 1 rings (SSSR count). The molecule has 1 aromatic carbocycles. The summed E-state index contributed by atoms with van der Waals surface area (Å²) in [6, 6.07) is 6.96. The third-order valence-electron chi connectivity index (χ3n) is 1.51. The number of carboxylic acid groups (broad SMARTS) is 1. The Morgan fingerprint density at radius 2 is 2.08 bits per heavy atom. The van der Waals surface area contributed by atoms with Crippen molar-refractivity contribution in [3.8, 4) is 12.3 Å². The summed E-state index contributed by atoms with van der Waals surface area (Å²) in [5.74, 6) is 2.51. The number of amides is 1. The van der Waals surface area contributed by atoms with Crippen LogP contribution in [-0.4, -0.2) is 11.2 Å². The highest BCUT2D eigenvalue weighted by atomic mass is 16.4. The van der Waals surface area contributed by atoms with Crippen LogP contribution in [0, 0.1) is 12.3 Å². The number of rotatable bonds is 2. The fourth-order valence-electron chi connectivity index (χ4n) is 0.947. The molecule has 0 aliphatic rings. The molecule has 0 heterocycles. The molecule has 0 unspecified atom stereocenters. The van der Waals surface area contributed by atoms with E-state index in [0.29, 0.717) is 12.1 Å². The van der Waals surface area contributed by atoms with Gasteiger partial charge in [0.15, 0.2) is 0 Å². The Morgan fingerprint density at radius 3 is 2.54 bits per heavy atom. The number of benzene rings is 1. The monoisotopic (exact) mass is 175 g/mol. The van der Waals surface area contributed by atoms with E-state index >= 15 is 0 Å². The molecule has 13 heavy (non-hydrogen) atoms. The molecule has 0 saturated carbocycles. The molecule has 66 valence electrons. The molecule has 0 aromatic heterocycles. The Hall–Kier alpha value is -1.95. The molecule has 0 radical (unpaired) electrons. The molecule has 2 N–H and O–H groups in total. The number of hydrogen-bond donors (Lipinski definition) is 2. The van der Waals surface area contributed by atoms with Crippen molar-refractivity contribution in [3.63, 3.8) is 0 Å². The molecule has 3 heteroatoms. The van der Waals surface area contributed by atoms with Crippen LogP contribution in [0.15, 0.2) is 24.3 Å². The van der Waals surface area contributed by atoms with Crippen LogP contribution in [0.3, 0.4) is 0 Å². The molecule has 0 aliphatic carbocycles.